The van der Waals surface area contributed by atoms with Crippen LogP contribution in [0.15, 0.2) is 16.8 Å². The van der Waals surface area contributed by atoms with Gasteiger partial charge in [0.2, 0.25) is 0 Å². The van der Waals surface area contributed by atoms with Gasteiger partial charge in [-0.3, -0.25) is 0 Å². The molecule has 12 heavy (non-hydrogen) atoms. The number of alkyl halides is 1. The zero-order chi connectivity index (χ0) is 8.81. The minimum Gasteiger partial charge on any atom is -0.385 e. The molecule has 0 fully saturated rings. The first kappa shape index (κ1) is 10.2. The van der Waals surface area contributed by atoms with E-state index in [4.69, 9.17) is 4.74 Å². The molecule has 0 N–H and O–H groups in total. The van der Waals surface area contributed by atoms with Crippen molar-refractivity contribution in [3.05, 3.63) is 22.4 Å². The van der Waals surface area contributed by atoms with Gasteiger partial charge in [-0.05, 0) is 35.2 Å². The Hall–Kier alpha value is 0.140. The van der Waals surface area contributed by atoms with Crippen LogP contribution in [0.3, 0.4) is 0 Å². The molecule has 0 bridgehead atoms. The quantitative estimate of drug-likeness (QED) is 0.728. The second-order valence-electron chi connectivity index (χ2n) is 2.71. The van der Waals surface area contributed by atoms with Crippen molar-refractivity contribution in [2.75, 3.05) is 13.7 Å². The third-order valence-corrected chi connectivity index (χ3v) is 3.19. The predicted molar refractivity (Wildman–Crippen MR) is 57.2 cm³/mol. The molecule has 0 saturated carbocycles. The number of rotatable bonds is 5. The second-order valence-corrected chi connectivity index (χ2v) is 4.79. The average molecular weight is 249 g/mol. The van der Waals surface area contributed by atoms with E-state index in [1.165, 1.54) is 5.56 Å². The normalized spacial score (nSPS) is 13.2. The van der Waals surface area contributed by atoms with Crippen LogP contribution in [0.25, 0.3) is 0 Å². The number of ether oxygens (including phenoxy) is 1. The zero-order valence-corrected chi connectivity index (χ0v) is 9.53. The van der Waals surface area contributed by atoms with Crippen LogP contribution in [0, 0.1) is 0 Å². The van der Waals surface area contributed by atoms with Crippen LogP contribution in [-0.4, -0.2) is 18.5 Å². The Morgan fingerprint density at radius 2 is 2.50 bits per heavy atom. The van der Waals surface area contributed by atoms with Gasteiger partial charge in [0.05, 0.1) is 0 Å². The summed E-state index contributed by atoms with van der Waals surface area (Å²) in [6, 6.07) is 2.17. The van der Waals surface area contributed by atoms with Gasteiger partial charge in [-0.15, -0.1) is 0 Å². The van der Waals surface area contributed by atoms with E-state index in [0.717, 1.165) is 19.4 Å². The van der Waals surface area contributed by atoms with Crippen molar-refractivity contribution in [3.63, 3.8) is 0 Å². The molecule has 1 atom stereocenters. The monoisotopic (exact) mass is 248 g/mol. The highest BCUT2D eigenvalue weighted by Crippen LogP contribution is 2.15. The molecule has 1 aromatic heterocycles. The summed E-state index contributed by atoms with van der Waals surface area (Å²) in [5.41, 5.74) is 1.41. The number of halogens is 1. The van der Waals surface area contributed by atoms with Crippen LogP contribution in [-0.2, 0) is 11.2 Å². The van der Waals surface area contributed by atoms with E-state index in [1.807, 2.05) is 0 Å². The molecule has 0 aliphatic rings. The minimum absolute atomic E-state index is 0.548. The van der Waals surface area contributed by atoms with Gasteiger partial charge in [-0.2, -0.15) is 11.3 Å². The SMILES string of the molecule is COCCC(Br)Cc1ccsc1. The summed E-state index contributed by atoms with van der Waals surface area (Å²) in [4.78, 5) is 0.548. The Labute approximate surface area is 85.9 Å². The van der Waals surface area contributed by atoms with E-state index in [-0.39, 0.29) is 0 Å². The van der Waals surface area contributed by atoms with Crippen LogP contribution >= 0.6 is 27.3 Å². The fourth-order valence-corrected chi connectivity index (χ4v) is 2.25. The first-order chi connectivity index (χ1) is 5.83. The van der Waals surface area contributed by atoms with Crippen molar-refractivity contribution in [1.82, 2.24) is 0 Å². The second kappa shape index (κ2) is 5.73. The number of hydrogen-bond acceptors (Lipinski definition) is 2. The molecule has 1 aromatic rings. The summed E-state index contributed by atoms with van der Waals surface area (Å²) in [5, 5.41) is 4.31. The lowest BCUT2D eigenvalue weighted by atomic mass is 10.1. The lowest BCUT2D eigenvalue weighted by Crippen LogP contribution is -2.05. The molecule has 1 rings (SSSR count). The van der Waals surface area contributed by atoms with Crippen LogP contribution in [0.4, 0.5) is 0 Å². The van der Waals surface area contributed by atoms with E-state index >= 15 is 0 Å². The molecular weight excluding hydrogens is 236 g/mol. The van der Waals surface area contributed by atoms with Gasteiger partial charge in [0.25, 0.3) is 0 Å². The summed E-state index contributed by atoms with van der Waals surface area (Å²) in [7, 11) is 1.74. The fraction of sp³-hybridized carbons (Fsp3) is 0.556. The lowest BCUT2D eigenvalue weighted by Gasteiger charge is -2.06. The van der Waals surface area contributed by atoms with E-state index in [0.29, 0.717) is 4.83 Å². The Morgan fingerprint density at radius 1 is 1.67 bits per heavy atom. The smallest absolute Gasteiger partial charge is 0.0473 e. The van der Waals surface area contributed by atoms with Crippen molar-refractivity contribution in [1.29, 1.82) is 0 Å². The van der Waals surface area contributed by atoms with E-state index in [2.05, 4.69) is 32.8 Å². The first-order valence-corrected chi connectivity index (χ1v) is 5.83. The van der Waals surface area contributed by atoms with Crippen LogP contribution in [0.2, 0.25) is 0 Å². The summed E-state index contributed by atoms with van der Waals surface area (Å²) in [6.45, 7) is 0.833. The van der Waals surface area contributed by atoms with Gasteiger partial charge < -0.3 is 4.74 Å². The van der Waals surface area contributed by atoms with E-state index in [9.17, 15) is 0 Å². The van der Waals surface area contributed by atoms with Crippen molar-refractivity contribution in [2.45, 2.75) is 17.7 Å². The molecule has 0 saturated heterocycles. The highest BCUT2D eigenvalue weighted by Gasteiger charge is 2.04. The summed E-state index contributed by atoms with van der Waals surface area (Å²) in [6.07, 6.45) is 2.18. The molecule has 3 heteroatoms. The van der Waals surface area contributed by atoms with Crippen LogP contribution in [0.1, 0.15) is 12.0 Å². The molecule has 0 aromatic carbocycles. The third kappa shape index (κ3) is 3.70. The highest BCUT2D eigenvalue weighted by molar-refractivity contribution is 9.09. The van der Waals surface area contributed by atoms with E-state index < -0.39 is 0 Å². The topological polar surface area (TPSA) is 9.23 Å². The Kier molecular flexibility index (Phi) is 4.88. The minimum atomic E-state index is 0.548. The maximum absolute atomic E-state index is 5.00. The third-order valence-electron chi connectivity index (χ3n) is 1.67. The van der Waals surface area contributed by atoms with Crippen molar-refractivity contribution >= 4 is 27.3 Å². The first-order valence-electron chi connectivity index (χ1n) is 3.97. The molecule has 0 amide bonds. The standard InChI is InChI=1S/C9H13BrOS/c1-11-4-2-9(10)6-8-3-5-12-7-8/h3,5,7,9H,2,4,6H2,1H3. The largest absolute Gasteiger partial charge is 0.385 e. The summed E-state index contributed by atoms with van der Waals surface area (Å²) in [5.74, 6) is 0. The Bertz CT molecular complexity index is 198. The summed E-state index contributed by atoms with van der Waals surface area (Å²) < 4.78 is 5.00. The molecule has 1 heterocycles. The molecule has 0 aliphatic heterocycles. The maximum Gasteiger partial charge on any atom is 0.0473 e. The number of thiophene rings is 1. The molecule has 0 radical (unpaired) electrons. The molecule has 0 spiro atoms. The Morgan fingerprint density at radius 3 is 3.08 bits per heavy atom. The molecule has 0 aliphatic carbocycles. The van der Waals surface area contributed by atoms with Gasteiger partial charge in [0, 0.05) is 18.5 Å². The van der Waals surface area contributed by atoms with Crippen molar-refractivity contribution < 1.29 is 4.74 Å². The van der Waals surface area contributed by atoms with Gasteiger partial charge >= 0.3 is 0 Å². The molecule has 1 nitrogen and oxygen atoms in total. The predicted octanol–water partition coefficient (Wildman–Crippen LogP) is 3.09. The number of hydrogen-bond donors (Lipinski definition) is 0. The lowest BCUT2D eigenvalue weighted by molar-refractivity contribution is 0.194. The van der Waals surface area contributed by atoms with Crippen LogP contribution in [0.5, 0.6) is 0 Å². The van der Waals surface area contributed by atoms with Gasteiger partial charge in [0.15, 0.2) is 0 Å². The van der Waals surface area contributed by atoms with Gasteiger partial charge in [-0.25, -0.2) is 0 Å². The van der Waals surface area contributed by atoms with Crippen molar-refractivity contribution in [3.8, 4) is 0 Å². The zero-order valence-electron chi connectivity index (χ0n) is 7.13. The Balaban J connectivity index is 2.22. The fourth-order valence-electron chi connectivity index (χ4n) is 1.01. The maximum atomic E-state index is 5.00. The molecule has 1 unspecified atom stereocenters. The number of methoxy groups -OCH3 is 1. The molecule has 68 valence electrons. The molecular formula is C9H13BrOS. The summed E-state index contributed by atoms with van der Waals surface area (Å²) >= 11 is 5.38. The van der Waals surface area contributed by atoms with Gasteiger partial charge in [-0.1, -0.05) is 15.9 Å². The average Bonchev–Trinajstić information content (AvgIpc) is 2.53. The van der Waals surface area contributed by atoms with E-state index in [1.54, 1.807) is 18.4 Å². The van der Waals surface area contributed by atoms with Gasteiger partial charge in [0.1, 0.15) is 0 Å². The van der Waals surface area contributed by atoms with Crippen molar-refractivity contribution in [2.24, 2.45) is 0 Å². The highest BCUT2D eigenvalue weighted by atomic mass is 79.9. The van der Waals surface area contributed by atoms with Crippen LogP contribution < -0.4 is 0 Å².